The molecule has 0 spiro atoms. The number of hydrogen-bond acceptors (Lipinski definition) is 5. The largest absolute Gasteiger partial charge is 0.493 e. The van der Waals surface area contributed by atoms with E-state index in [2.05, 4.69) is 55.4 Å². The molecule has 1 amide bonds. The molecule has 0 saturated carbocycles. The normalized spacial score (nSPS) is 14.3. The number of nitrogens with zero attached hydrogens (tertiary/aromatic N) is 2. The van der Waals surface area contributed by atoms with Crippen molar-refractivity contribution in [2.75, 3.05) is 49.5 Å². The Morgan fingerprint density at radius 2 is 1.80 bits per heavy atom. The number of carbonyl (C=O) groups excluding carboxylic acids is 1. The summed E-state index contributed by atoms with van der Waals surface area (Å²) in [5.41, 5.74) is 2.53. The molecule has 3 rings (SSSR count). The van der Waals surface area contributed by atoms with Gasteiger partial charge in [-0.15, -0.1) is 0 Å². The molecule has 0 radical (unpaired) electrons. The fraction of sp³-hybridized carbons (Fsp3) is 0.364. The van der Waals surface area contributed by atoms with Gasteiger partial charge in [0.15, 0.2) is 5.11 Å². The van der Waals surface area contributed by atoms with Crippen LogP contribution in [0, 0.1) is 0 Å². The number of carbonyl (C=O) groups is 1. The van der Waals surface area contributed by atoms with Gasteiger partial charge in [0.25, 0.3) is 5.91 Å². The molecule has 0 unspecified atom stereocenters. The van der Waals surface area contributed by atoms with Gasteiger partial charge in [0.05, 0.1) is 11.1 Å². The molecule has 2 aromatic rings. The van der Waals surface area contributed by atoms with Crippen molar-refractivity contribution in [3.05, 3.63) is 52.5 Å². The second kappa shape index (κ2) is 10.7. The van der Waals surface area contributed by atoms with Crippen LogP contribution in [0.25, 0.3) is 0 Å². The van der Waals surface area contributed by atoms with Crippen molar-refractivity contribution < 1.29 is 9.53 Å². The zero-order chi connectivity index (χ0) is 21.5. The van der Waals surface area contributed by atoms with Crippen LogP contribution in [0.5, 0.6) is 5.75 Å². The zero-order valence-electron chi connectivity index (χ0n) is 17.3. The lowest BCUT2D eigenvalue weighted by molar-refractivity contribution is 0.0977. The molecule has 1 fully saturated rings. The number of halogens is 1. The van der Waals surface area contributed by atoms with E-state index >= 15 is 0 Å². The topological polar surface area (TPSA) is 56.8 Å². The minimum absolute atomic E-state index is 0.259. The highest BCUT2D eigenvalue weighted by Gasteiger charge is 2.16. The van der Waals surface area contributed by atoms with Crippen molar-refractivity contribution >= 4 is 50.5 Å². The standard InChI is InChI=1S/C22H27BrN4O2S/c1-3-26-11-13-27(14-12-26)18-8-6-17(7-9-18)24-22(30)25-21(28)16-5-10-20(29-4-2)19(23)15-16/h5-10,15H,3-4,11-14H2,1-2H3,(H2,24,25,28,30). The maximum Gasteiger partial charge on any atom is 0.257 e. The van der Waals surface area contributed by atoms with Gasteiger partial charge < -0.3 is 19.9 Å². The van der Waals surface area contributed by atoms with Gasteiger partial charge in [0.2, 0.25) is 0 Å². The predicted molar refractivity (Wildman–Crippen MR) is 130 cm³/mol. The van der Waals surface area contributed by atoms with E-state index < -0.39 is 0 Å². The van der Waals surface area contributed by atoms with Gasteiger partial charge in [-0.1, -0.05) is 6.92 Å². The summed E-state index contributed by atoms with van der Waals surface area (Å²) in [5, 5.41) is 6.05. The molecule has 0 atom stereocenters. The van der Waals surface area contributed by atoms with Gasteiger partial charge in [-0.05, 0) is 84.1 Å². The molecule has 1 aliphatic heterocycles. The SMILES string of the molecule is CCOc1ccc(C(=O)NC(=S)Nc2ccc(N3CCN(CC)CC3)cc2)cc1Br. The highest BCUT2D eigenvalue weighted by molar-refractivity contribution is 9.10. The first-order valence-electron chi connectivity index (χ1n) is 10.1. The average molecular weight is 491 g/mol. The molecule has 8 heteroatoms. The number of rotatable bonds is 6. The monoisotopic (exact) mass is 490 g/mol. The van der Waals surface area contributed by atoms with Crippen molar-refractivity contribution in [2.24, 2.45) is 0 Å². The average Bonchev–Trinajstić information content (AvgIpc) is 2.76. The Balaban J connectivity index is 1.53. The molecule has 1 heterocycles. The molecule has 1 saturated heterocycles. The number of anilines is 2. The third kappa shape index (κ3) is 5.93. The summed E-state index contributed by atoms with van der Waals surface area (Å²) < 4.78 is 6.20. The third-order valence-corrected chi connectivity index (χ3v) is 5.85. The summed E-state index contributed by atoms with van der Waals surface area (Å²) in [5.74, 6) is 0.424. The van der Waals surface area contributed by atoms with E-state index in [1.54, 1.807) is 18.2 Å². The van der Waals surface area contributed by atoms with E-state index in [0.717, 1.165) is 42.9 Å². The van der Waals surface area contributed by atoms with Gasteiger partial charge >= 0.3 is 0 Å². The van der Waals surface area contributed by atoms with Crippen molar-refractivity contribution in [1.82, 2.24) is 10.2 Å². The van der Waals surface area contributed by atoms with E-state index in [0.29, 0.717) is 17.9 Å². The number of ether oxygens (including phenoxy) is 1. The molecule has 2 N–H and O–H groups in total. The quantitative estimate of drug-likeness (QED) is 0.594. The smallest absolute Gasteiger partial charge is 0.257 e. The number of thiocarbonyl (C=S) groups is 1. The number of amides is 1. The fourth-order valence-electron chi connectivity index (χ4n) is 3.33. The maximum absolute atomic E-state index is 12.5. The Kier molecular flexibility index (Phi) is 8.07. The number of benzene rings is 2. The lowest BCUT2D eigenvalue weighted by atomic mass is 10.2. The zero-order valence-corrected chi connectivity index (χ0v) is 19.7. The van der Waals surface area contributed by atoms with Crippen LogP contribution in [-0.4, -0.2) is 55.3 Å². The lowest BCUT2D eigenvalue weighted by Gasteiger charge is -2.35. The van der Waals surface area contributed by atoms with Crippen LogP contribution < -0.4 is 20.3 Å². The van der Waals surface area contributed by atoms with Crippen molar-refractivity contribution in [3.63, 3.8) is 0 Å². The van der Waals surface area contributed by atoms with Crippen LogP contribution >= 0.6 is 28.1 Å². The summed E-state index contributed by atoms with van der Waals surface area (Å²) in [4.78, 5) is 17.3. The van der Waals surface area contributed by atoms with Crippen LogP contribution in [-0.2, 0) is 0 Å². The number of nitrogens with one attached hydrogen (secondary N) is 2. The van der Waals surface area contributed by atoms with Gasteiger partial charge in [0.1, 0.15) is 5.75 Å². The first-order valence-corrected chi connectivity index (χ1v) is 11.3. The second-order valence-corrected chi connectivity index (χ2v) is 8.22. The lowest BCUT2D eigenvalue weighted by Crippen LogP contribution is -2.46. The second-order valence-electron chi connectivity index (χ2n) is 6.95. The van der Waals surface area contributed by atoms with Crippen molar-refractivity contribution in [1.29, 1.82) is 0 Å². The van der Waals surface area contributed by atoms with Crippen molar-refractivity contribution in [2.45, 2.75) is 13.8 Å². The van der Waals surface area contributed by atoms with Gasteiger partial charge in [-0.3, -0.25) is 10.1 Å². The van der Waals surface area contributed by atoms with Crippen LogP contribution in [0.4, 0.5) is 11.4 Å². The minimum Gasteiger partial charge on any atom is -0.493 e. The molecule has 0 aliphatic carbocycles. The Morgan fingerprint density at radius 3 is 2.40 bits per heavy atom. The van der Waals surface area contributed by atoms with Crippen LogP contribution in [0.15, 0.2) is 46.9 Å². The molecule has 6 nitrogen and oxygen atoms in total. The highest BCUT2D eigenvalue weighted by Crippen LogP contribution is 2.26. The first-order chi connectivity index (χ1) is 14.5. The molecular formula is C22H27BrN4O2S. The van der Waals surface area contributed by atoms with Gasteiger partial charge in [-0.25, -0.2) is 0 Å². The molecule has 30 heavy (non-hydrogen) atoms. The van der Waals surface area contributed by atoms with Crippen LogP contribution in [0.2, 0.25) is 0 Å². The van der Waals surface area contributed by atoms with E-state index in [-0.39, 0.29) is 11.0 Å². The molecule has 0 aromatic heterocycles. The fourth-order valence-corrected chi connectivity index (χ4v) is 4.03. The van der Waals surface area contributed by atoms with Crippen LogP contribution in [0.1, 0.15) is 24.2 Å². The van der Waals surface area contributed by atoms with Crippen molar-refractivity contribution in [3.8, 4) is 5.75 Å². The number of hydrogen-bond donors (Lipinski definition) is 2. The number of piperazine rings is 1. The summed E-state index contributed by atoms with van der Waals surface area (Å²) in [7, 11) is 0. The predicted octanol–water partition coefficient (Wildman–Crippen LogP) is 4.12. The van der Waals surface area contributed by atoms with Crippen LogP contribution in [0.3, 0.4) is 0 Å². The van der Waals surface area contributed by atoms with E-state index in [4.69, 9.17) is 17.0 Å². The van der Waals surface area contributed by atoms with Gasteiger partial charge in [-0.2, -0.15) is 0 Å². The highest BCUT2D eigenvalue weighted by atomic mass is 79.9. The molecule has 160 valence electrons. The Labute approximate surface area is 191 Å². The van der Waals surface area contributed by atoms with Gasteiger partial charge in [0, 0.05) is 43.1 Å². The Morgan fingerprint density at radius 1 is 1.10 bits per heavy atom. The summed E-state index contributed by atoms with van der Waals surface area (Å²) >= 11 is 8.72. The van der Waals surface area contributed by atoms with E-state index in [9.17, 15) is 4.79 Å². The molecule has 0 bridgehead atoms. The summed E-state index contributed by atoms with van der Waals surface area (Å²) in [6.45, 7) is 10.0. The number of likely N-dealkylation sites (N-methyl/N-ethyl adjacent to an activating group) is 1. The Bertz CT molecular complexity index is 883. The molecule has 2 aromatic carbocycles. The Hall–Kier alpha value is -2.16. The first kappa shape index (κ1) is 22.5. The van der Waals surface area contributed by atoms with E-state index in [1.165, 1.54) is 5.69 Å². The molecule has 1 aliphatic rings. The third-order valence-electron chi connectivity index (χ3n) is 5.03. The maximum atomic E-state index is 12.5. The van der Waals surface area contributed by atoms with E-state index in [1.807, 2.05) is 19.1 Å². The molecular weight excluding hydrogens is 464 g/mol. The minimum atomic E-state index is -0.276. The summed E-state index contributed by atoms with van der Waals surface area (Å²) in [6.07, 6.45) is 0. The summed E-state index contributed by atoms with van der Waals surface area (Å²) in [6, 6.07) is 13.3.